The minimum atomic E-state index is -0.886. The molecule has 0 unspecified atom stereocenters. The van der Waals surface area contributed by atoms with E-state index in [1.807, 2.05) is 24.3 Å². The fourth-order valence-electron chi connectivity index (χ4n) is 1.76. The average molecular weight is 249 g/mol. The summed E-state index contributed by atoms with van der Waals surface area (Å²) in [6.45, 7) is 2.31. The van der Waals surface area contributed by atoms with Crippen LogP contribution in [0.1, 0.15) is 24.5 Å². The van der Waals surface area contributed by atoms with Gasteiger partial charge in [-0.15, -0.1) is 0 Å². The van der Waals surface area contributed by atoms with Crippen molar-refractivity contribution in [3.8, 4) is 0 Å². The van der Waals surface area contributed by atoms with Crippen LogP contribution in [0.2, 0.25) is 0 Å². The Morgan fingerprint density at radius 3 is 2.39 bits per heavy atom. The molecule has 18 heavy (non-hydrogen) atoms. The maximum Gasteiger partial charge on any atom is 0.305 e. The molecule has 1 rings (SSSR count). The molecule has 0 fully saturated rings. The van der Waals surface area contributed by atoms with Crippen molar-refractivity contribution in [3.63, 3.8) is 0 Å². The van der Waals surface area contributed by atoms with E-state index in [0.717, 1.165) is 17.5 Å². The molecule has 4 nitrogen and oxygen atoms in total. The molecule has 1 aromatic carbocycles. The van der Waals surface area contributed by atoms with Crippen molar-refractivity contribution in [3.05, 3.63) is 35.4 Å². The quantitative estimate of drug-likeness (QED) is 0.835. The number of carbonyl (C=O) groups excluding carboxylic acids is 1. The highest BCUT2D eigenvalue weighted by Crippen LogP contribution is 2.11. The number of nitrogens with zero attached hydrogens (tertiary/aromatic N) is 1. The number of amides is 1. The molecule has 0 radical (unpaired) electrons. The molecule has 0 aliphatic rings. The fourth-order valence-corrected chi connectivity index (χ4v) is 1.76. The van der Waals surface area contributed by atoms with E-state index < -0.39 is 5.97 Å². The largest absolute Gasteiger partial charge is 0.481 e. The normalized spacial score (nSPS) is 10.1. The number of hydrogen-bond acceptors (Lipinski definition) is 2. The van der Waals surface area contributed by atoms with Gasteiger partial charge in [0.1, 0.15) is 0 Å². The predicted molar refractivity (Wildman–Crippen MR) is 69.4 cm³/mol. The summed E-state index contributed by atoms with van der Waals surface area (Å²) in [6.07, 6.45) is 1.21. The number of hydrogen-bond donors (Lipinski definition) is 1. The molecular weight excluding hydrogens is 230 g/mol. The van der Waals surface area contributed by atoms with E-state index >= 15 is 0 Å². The molecule has 1 aromatic rings. The zero-order chi connectivity index (χ0) is 13.5. The lowest BCUT2D eigenvalue weighted by molar-refractivity contribution is -0.138. The van der Waals surface area contributed by atoms with Crippen LogP contribution in [-0.4, -0.2) is 35.5 Å². The van der Waals surface area contributed by atoms with Gasteiger partial charge in [-0.2, -0.15) is 0 Å². The summed E-state index contributed by atoms with van der Waals surface area (Å²) in [5, 5.41) is 8.58. The zero-order valence-electron chi connectivity index (χ0n) is 10.8. The Balaban J connectivity index is 2.60. The van der Waals surface area contributed by atoms with Crippen LogP contribution in [0.15, 0.2) is 24.3 Å². The highest BCUT2D eigenvalue weighted by atomic mass is 16.4. The van der Waals surface area contributed by atoms with E-state index in [1.54, 1.807) is 7.05 Å². The molecular formula is C14H19NO3. The first-order valence-electron chi connectivity index (χ1n) is 6.07. The smallest absolute Gasteiger partial charge is 0.305 e. The van der Waals surface area contributed by atoms with Crippen molar-refractivity contribution in [1.29, 1.82) is 0 Å². The van der Waals surface area contributed by atoms with E-state index in [-0.39, 0.29) is 18.9 Å². The summed E-state index contributed by atoms with van der Waals surface area (Å²) in [6, 6.07) is 7.83. The van der Waals surface area contributed by atoms with Gasteiger partial charge in [0.15, 0.2) is 0 Å². The van der Waals surface area contributed by atoms with Gasteiger partial charge < -0.3 is 10.0 Å². The molecule has 0 aliphatic heterocycles. The van der Waals surface area contributed by atoms with Crippen LogP contribution in [0.5, 0.6) is 0 Å². The molecule has 0 saturated heterocycles. The monoisotopic (exact) mass is 249 g/mol. The number of carboxylic acids is 1. The van der Waals surface area contributed by atoms with Crippen LogP contribution >= 0.6 is 0 Å². The van der Waals surface area contributed by atoms with Crippen molar-refractivity contribution < 1.29 is 14.7 Å². The highest BCUT2D eigenvalue weighted by Gasteiger charge is 2.12. The third-order valence-corrected chi connectivity index (χ3v) is 2.93. The van der Waals surface area contributed by atoms with Crippen LogP contribution < -0.4 is 0 Å². The van der Waals surface area contributed by atoms with Gasteiger partial charge in [0, 0.05) is 13.6 Å². The summed E-state index contributed by atoms with van der Waals surface area (Å²) in [5.41, 5.74) is 2.18. The number of benzene rings is 1. The van der Waals surface area contributed by atoms with Gasteiger partial charge in [-0.3, -0.25) is 9.59 Å². The number of likely N-dealkylation sites (N-methyl/N-ethyl adjacent to an activating group) is 1. The number of rotatable bonds is 6. The Bertz CT molecular complexity index is 429. The molecule has 0 aliphatic carbocycles. The summed E-state index contributed by atoms with van der Waals surface area (Å²) in [7, 11) is 1.64. The molecule has 0 heterocycles. The zero-order valence-corrected chi connectivity index (χ0v) is 10.8. The van der Waals surface area contributed by atoms with Crippen LogP contribution in [0.3, 0.4) is 0 Å². The van der Waals surface area contributed by atoms with Gasteiger partial charge >= 0.3 is 5.97 Å². The van der Waals surface area contributed by atoms with Gasteiger partial charge in [0.25, 0.3) is 0 Å². The lowest BCUT2D eigenvalue weighted by Gasteiger charge is -2.17. The second-order valence-corrected chi connectivity index (χ2v) is 4.26. The Morgan fingerprint density at radius 2 is 1.83 bits per heavy atom. The van der Waals surface area contributed by atoms with E-state index in [0.29, 0.717) is 6.42 Å². The Labute approximate surface area is 107 Å². The number of carboxylic acid groups (broad SMARTS) is 1. The second kappa shape index (κ2) is 6.79. The fraction of sp³-hybridized carbons (Fsp3) is 0.429. The van der Waals surface area contributed by atoms with Crippen molar-refractivity contribution in [2.45, 2.75) is 26.2 Å². The topological polar surface area (TPSA) is 57.6 Å². The second-order valence-electron chi connectivity index (χ2n) is 4.26. The predicted octanol–water partition coefficient (Wildman–Crippen LogP) is 1.72. The summed E-state index contributed by atoms with van der Waals surface area (Å²) >= 11 is 0. The lowest BCUT2D eigenvalue weighted by atomic mass is 10.0. The van der Waals surface area contributed by atoms with Crippen LogP contribution in [-0.2, 0) is 22.4 Å². The van der Waals surface area contributed by atoms with Crippen LogP contribution in [0.25, 0.3) is 0 Å². The van der Waals surface area contributed by atoms with E-state index in [9.17, 15) is 9.59 Å². The third kappa shape index (κ3) is 4.20. The molecule has 0 saturated carbocycles. The van der Waals surface area contributed by atoms with Gasteiger partial charge in [-0.25, -0.2) is 0 Å². The summed E-state index contributed by atoms with van der Waals surface area (Å²) in [5.74, 6) is -0.930. The molecule has 4 heteroatoms. The minimum absolute atomic E-state index is 0.0162. The highest BCUT2D eigenvalue weighted by molar-refractivity contribution is 5.79. The van der Waals surface area contributed by atoms with Gasteiger partial charge in [0.2, 0.25) is 5.91 Å². The Morgan fingerprint density at radius 1 is 1.22 bits per heavy atom. The van der Waals surface area contributed by atoms with Gasteiger partial charge in [-0.05, 0) is 17.5 Å². The van der Waals surface area contributed by atoms with Crippen molar-refractivity contribution >= 4 is 11.9 Å². The number of aliphatic carboxylic acids is 1. The van der Waals surface area contributed by atoms with Crippen LogP contribution in [0.4, 0.5) is 0 Å². The minimum Gasteiger partial charge on any atom is -0.481 e. The van der Waals surface area contributed by atoms with Crippen molar-refractivity contribution in [2.75, 3.05) is 13.6 Å². The maximum absolute atomic E-state index is 11.9. The lowest BCUT2D eigenvalue weighted by Crippen LogP contribution is -2.30. The van der Waals surface area contributed by atoms with Gasteiger partial charge in [-0.1, -0.05) is 31.2 Å². The number of carbonyl (C=O) groups is 2. The van der Waals surface area contributed by atoms with Crippen molar-refractivity contribution in [2.24, 2.45) is 0 Å². The molecule has 0 spiro atoms. The third-order valence-electron chi connectivity index (χ3n) is 2.93. The van der Waals surface area contributed by atoms with Crippen molar-refractivity contribution in [1.82, 2.24) is 4.90 Å². The van der Waals surface area contributed by atoms with E-state index in [2.05, 4.69) is 6.92 Å². The molecule has 0 bridgehead atoms. The Hall–Kier alpha value is -1.84. The van der Waals surface area contributed by atoms with E-state index in [4.69, 9.17) is 5.11 Å². The molecule has 98 valence electrons. The van der Waals surface area contributed by atoms with Gasteiger partial charge in [0.05, 0.1) is 12.8 Å². The first-order chi connectivity index (χ1) is 8.54. The SMILES string of the molecule is CCc1ccccc1CC(=O)N(C)CCC(=O)O. The summed E-state index contributed by atoms with van der Waals surface area (Å²) < 4.78 is 0. The first kappa shape index (κ1) is 14.2. The molecule has 0 aromatic heterocycles. The summed E-state index contributed by atoms with van der Waals surface area (Å²) in [4.78, 5) is 23.8. The standard InChI is InChI=1S/C14H19NO3/c1-3-11-6-4-5-7-12(11)10-13(16)15(2)9-8-14(17)18/h4-7H,3,8-10H2,1-2H3,(H,17,18). The van der Waals surface area contributed by atoms with E-state index in [1.165, 1.54) is 4.90 Å². The molecule has 1 N–H and O–H groups in total. The maximum atomic E-state index is 11.9. The molecule has 1 amide bonds. The van der Waals surface area contributed by atoms with Crippen LogP contribution in [0, 0.1) is 0 Å². The Kier molecular flexibility index (Phi) is 5.36. The first-order valence-corrected chi connectivity index (χ1v) is 6.07. The average Bonchev–Trinajstić information content (AvgIpc) is 2.36. The number of aryl methyl sites for hydroxylation is 1. The molecule has 0 atom stereocenters.